The summed E-state index contributed by atoms with van der Waals surface area (Å²) in [6.45, 7) is 1.87. The van der Waals surface area contributed by atoms with E-state index in [-0.39, 0.29) is 41.4 Å². The van der Waals surface area contributed by atoms with Crippen LogP contribution in [0.4, 0.5) is 23.0 Å². The number of nitrogens with one attached hydrogen (secondary N) is 3. The van der Waals surface area contributed by atoms with Crippen molar-refractivity contribution in [3.8, 4) is 23.8 Å². The fourth-order valence-corrected chi connectivity index (χ4v) is 4.35. The minimum Gasteiger partial charge on any atom is -0.490 e. The Labute approximate surface area is 226 Å². The van der Waals surface area contributed by atoms with Crippen molar-refractivity contribution < 1.29 is 14.3 Å². The van der Waals surface area contributed by atoms with Gasteiger partial charge in [-0.05, 0) is 36.8 Å². The van der Waals surface area contributed by atoms with Gasteiger partial charge in [-0.3, -0.25) is 10.1 Å². The Hall–Kier alpha value is -5.01. The summed E-state index contributed by atoms with van der Waals surface area (Å²) in [6, 6.07) is 13.5. The number of nitrogen functional groups attached to an aromatic ring is 2. The van der Waals surface area contributed by atoms with E-state index in [2.05, 4.69) is 41.9 Å². The number of ether oxygens (including phenoxy) is 2. The van der Waals surface area contributed by atoms with E-state index in [1.807, 2.05) is 37.4 Å². The molecule has 1 amide bonds. The maximum Gasteiger partial charge on any atom is 0.262 e. The third kappa shape index (κ3) is 5.38. The third-order valence-corrected chi connectivity index (χ3v) is 6.12. The summed E-state index contributed by atoms with van der Waals surface area (Å²) in [4.78, 5) is 21.2. The number of carbonyl (C=O) groups is 1. The number of aromatic nitrogens is 1. The lowest BCUT2D eigenvalue weighted by atomic mass is 9.95. The van der Waals surface area contributed by atoms with Gasteiger partial charge in [-0.1, -0.05) is 34.1 Å². The van der Waals surface area contributed by atoms with Crippen molar-refractivity contribution in [2.24, 2.45) is 4.99 Å². The van der Waals surface area contributed by atoms with Gasteiger partial charge >= 0.3 is 0 Å². The first kappa shape index (κ1) is 26.1. The number of pyridine rings is 1. The van der Waals surface area contributed by atoms with E-state index in [1.54, 1.807) is 24.3 Å². The Bertz CT molecular complexity index is 1500. The van der Waals surface area contributed by atoms with Gasteiger partial charge < -0.3 is 31.6 Å². The smallest absolute Gasteiger partial charge is 0.262 e. The van der Waals surface area contributed by atoms with E-state index in [0.717, 1.165) is 0 Å². The normalized spacial score (nSPS) is 13.6. The molecule has 0 radical (unpaired) electrons. The van der Waals surface area contributed by atoms with Crippen LogP contribution in [0.5, 0.6) is 11.5 Å². The Morgan fingerprint density at radius 2 is 1.92 bits per heavy atom. The standard InChI is InChI=1S/C25H22BrN9O3/c1-2-37-17-8-14(16(26)9-18(17)38-11-19(36)32-13-6-4-3-5-7-13)22-20-21(29)15(10-27)23(30)34-24(20)35-25(33-22)31-12-28/h3-9,22H,2,11H2,1H3,(H,32,36)(H6,29,30,31,33,34,35). The Balaban J connectivity index is 1.71. The molecule has 2 aromatic carbocycles. The van der Waals surface area contributed by atoms with Crippen molar-refractivity contribution in [2.75, 3.05) is 35.3 Å². The number of fused-ring (bicyclic) bond motifs is 1. The van der Waals surface area contributed by atoms with E-state index in [1.165, 1.54) is 0 Å². The molecule has 0 saturated carbocycles. The number of amides is 1. The van der Waals surface area contributed by atoms with Gasteiger partial charge in [0.25, 0.3) is 5.91 Å². The summed E-state index contributed by atoms with van der Waals surface area (Å²) >= 11 is 3.55. The Morgan fingerprint density at radius 3 is 2.61 bits per heavy atom. The monoisotopic (exact) mass is 575 g/mol. The lowest BCUT2D eigenvalue weighted by Crippen LogP contribution is -2.32. The molecule has 12 nitrogen and oxygen atoms in total. The summed E-state index contributed by atoms with van der Waals surface area (Å²) in [5, 5.41) is 26.8. The molecule has 1 aliphatic rings. The number of guanidine groups is 1. The molecule has 1 atom stereocenters. The number of aliphatic imine (C=N–C) groups is 1. The molecule has 192 valence electrons. The second-order valence-electron chi connectivity index (χ2n) is 7.86. The molecule has 0 aliphatic carbocycles. The number of nitriles is 2. The zero-order valence-electron chi connectivity index (χ0n) is 20.1. The molecular weight excluding hydrogens is 554 g/mol. The van der Waals surface area contributed by atoms with Gasteiger partial charge in [-0.25, -0.2) is 9.98 Å². The highest BCUT2D eigenvalue weighted by molar-refractivity contribution is 9.10. The summed E-state index contributed by atoms with van der Waals surface area (Å²) in [7, 11) is 0. The van der Waals surface area contributed by atoms with Crippen molar-refractivity contribution >= 4 is 50.8 Å². The van der Waals surface area contributed by atoms with Crippen molar-refractivity contribution in [1.82, 2.24) is 10.3 Å². The highest BCUT2D eigenvalue weighted by atomic mass is 79.9. The van der Waals surface area contributed by atoms with Gasteiger partial charge in [0, 0.05) is 15.7 Å². The zero-order chi connectivity index (χ0) is 27.2. The SMILES string of the molecule is CCOc1cc(C2N=C(NC#N)Nc3nc(N)c(C#N)c(N)c32)c(Br)cc1OCC(=O)Nc1ccccc1. The number of nitrogens with two attached hydrogens (primary N) is 2. The van der Waals surface area contributed by atoms with Crippen LogP contribution >= 0.6 is 15.9 Å². The first-order valence-electron chi connectivity index (χ1n) is 11.3. The summed E-state index contributed by atoms with van der Waals surface area (Å²) in [5.41, 5.74) is 14.0. The topological polar surface area (TPSA) is 196 Å². The highest BCUT2D eigenvalue weighted by Gasteiger charge is 2.31. The predicted octanol–water partition coefficient (Wildman–Crippen LogP) is 3.24. The maximum atomic E-state index is 12.4. The number of carbonyl (C=O) groups excluding carboxylic acids is 1. The average molecular weight is 576 g/mol. The number of rotatable bonds is 7. The second kappa shape index (κ2) is 11.4. The number of anilines is 4. The molecule has 0 saturated heterocycles. The molecule has 7 N–H and O–H groups in total. The van der Waals surface area contributed by atoms with E-state index < -0.39 is 6.04 Å². The first-order valence-corrected chi connectivity index (χ1v) is 12.1. The van der Waals surface area contributed by atoms with Crippen molar-refractivity contribution in [3.63, 3.8) is 0 Å². The van der Waals surface area contributed by atoms with E-state index in [9.17, 15) is 10.1 Å². The summed E-state index contributed by atoms with van der Waals surface area (Å²) in [6.07, 6.45) is 1.81. The lowest BCUT2D eigenvalue weighted by Gasteiger charge is -2.27. The minimum atomic E-state index is -0.800. The number of benzene rings is 2. The highest BCUT2D eigenvalue weighted by Crippen LogP contribution is 2.45. The average Bonchev–Trinajstić information content (AvgIpc) is 2.89. The van der Waals surface area contributed by atoms with E-state index in [4.69, 9.17) is 26.2 Å². The van der Waals surface area contributed by atoms with Crippen molar-refractivity contribution in [2.45, 2.75) is 13.0 Å². The predicted molar refractivity (Wildman–Crippen MR) is 145 cm³/mol. The van der Waals surface area contributed by atoms with Gasteiger partial charge in [-0.2, -0.15) is 10.5 Å². The molecule has 38 heavy (non-hydrogen) atoms. The summed E-state index contributed by atoms with van der Waals surface area (Å²) < 4.78 is 12.1. The van der Waals surface area contributed by atoms with Gasteiger partial charge in [0.2, 0.25) is 5.96 Å². The van der Waals surface area contributed by atoms with Crippen LogP contribution in [0.15, 0.2) is 51.9 Å². The molecule has 1 aliphatic heterocycles. The number of nitrogens with zero attached hydrogens (tertiary/aromatic N) is 4. The van der Waals surface area contributed by atoms with Gasteiger partial charge in [0.1, 0.15) is 29.3 Å². The van der Waals surface area contributed by atoms with Gasteiger partial charge in [0.15, 0.2) is 24.3 Å². The van der Waals surface area contributed by atoms with Crippen LogP contribution in [-0.4, -0.2) is 30.1 Å². The molecule has 4 rings (SSSR count). The fraction of sp³-hybridized carbons (Fsp3) is 0.160. The van der Waals surface area contributed by atoms with Crippen LogP contribution in [0.1, 0.15) is 29.7 Å². The zero-order valence-corrected chi connectivity index (χ0v) is 21.7. The molecule has 0 fully saturated rings. The number of para-hydroxylation sites is 1. The van der Waals surface area contributed by atoms with Crippen LogP contribution in [-0.2, 0) is 4.79 Å². The third-order valence-electron chi connectivity index (χ3n) is 5.43. The molecule has 1 aromatic heterocycles. The number of halogens is 1. The van der Waals surface area contributed by atoms with Gasteiger partial charge in [-0.15, -0.1) is 0 Å². The molecule has 1 unspecified atom stereocenters. The van der Waals surface area contributed by atoms with Crippen LogP contribution in [0.25, 0.3) is 0 Å². The molecular formula is C25H22BrN9O3. The summed E-state index contributed by atoms with van der Waals surface area (Å²) in [5.74, 6) is 0.637. The molecule has 13 heteroatoms. The Morgan fingerprint density at radius 1 is 1.18 bits per heavy atom. The van der Waals surface area contributed by atoms with Crippen molar-refractivity contribution in [1.29, 1.82) is 10.5 Å². The first-order chi connectivity index (χ1) is 18.4. The van der Waals surface area contributed by atoms with Crippen LogP contribution in [0.3, 0.4) is 0 Å². The Kier molecular flexibility index (Phi) is 7.80. The maximum absolute atomic E-state index is 12.4. The number of hydrogen-bond donors (Lipinski definition) is 5. The lowest BCUT2D eigenvalue weighted by molar-refractivity contribution is -0.118. The van der Waals surface area contributed by atoms with Gasteiger partial charge in [0.05, 0.1) is 12.3 Å². The van der Waals surface area contributed by atoms with E-state index >= 15 is 0 Å². The van der Waals surface area contributed by atoms with E-state index in [0.29, 0.717) is 39.4 Å². The van der Waals surface area contributed by atoms with Crippen LogP contribution in [0, 0.1) is 22.8 Å². The van der Waals surface area contributed by atoms with Crippen molar-refractivity contribution in [3.05, 3.63) is 63.6 Å². The fourth-order valence-electron chi connectivity index (χ4n) is 3.81. The molecule has 3 aromatic rings. The number of hydrogen-bond acceptors (Lipinski definition) is 11. The largest absolute Gasteiger partial charge is 0.490 e. The van der Waals surface area contributed by atoms with Crippen LogP contribution in [0.2, 0.25) is 0 Å². The molecule has 0 spiro atoms. The second-order valence-corrected chi connectivity index (χ2v) is 8.71. The molecule has 2 heterocycles. The molecule has 0 bridgehead atoms. The van der Waals surface area contributed by atoms with Crippen LogP contribution < -0.4 is 36.9 Å². The quantitative estimate of drug-likeness (QED) is 0.206. The minimum absolute atomic E-state index is 0.0213.